The molecule has 2 heteroatoms. The molecule has 1 aliphatic carbocycles. The highest BCUT2D eigenvalue weighted by atomic mass is 31.2. The van der Waals surface area contributed by atoms with Crippen LogP contribution >= 0.6 is 7.05 Å². The molecule has 2 aromatic carbocycles. The molecular formula is C21H26NP. The Kier molecular flexibility index (Phi) is 4.34. The van der Waals surface area contributed by atoms with Crippen LogP contribution in [0.2, 0.25) is 0 Å². The van der Waals surface area contributed by atoms with Gasteiger partial charge in [0.15, 0.2) is 0 Å². The van der Waals surface area contributed by atoms with Crippen LogP contribution in [0.4, 0.5) is 0 Å². The molecule has 0 radical (unpaired) electrons. The lowest BCUT2D eigenvalue weighted by Gasteiger charge is -2.33. The van der Waals surface area contributed by atoms with Gasteiger partial charge in [-0.1, -0.05) is 82.3 Å². The fraction of sp³-hybridized carbons (Fsp3) is 0.333. The predicted octanol–water partition coefficient (Wildman–Crippen LogP) is 6.01. The highest BCUT2D eigenvalue weighted by Gasteiger charge is 2.30. The van der Waals surface area contributed by atoms with Crippen LogP contribution in [0.5, 0.6) is 0 Å². The van der Waals surface area contributed by atoms with Gasteiger partial charge in [-0.25, -0.2) is 0 Å². The van der Waals surface area contributed by atoms with Gasteiger partial charge >= 0.3 is 0 Å². The minimum absolute atomic E-state index is 0.382. The lowest BCUT2D eigenvalue weighted by molar-refractivity contribution is 0.994. The molecule has 1 N–H and O–H groups in total. The van der Waals surface area contributed by atoms with Gasteiger partial charge in [-0.2, -0.15) is 0 Å². The molecule has 1 aliphatic rings. The number of fused-ring (bicyclic) bond motifs is 1. The minimum atomic E-state index is -1.94. The Morgan fingerprint density at radius 3 is 2.13 bits per heavy atom. The standard InChI is InChI=1S/C21H26NP/c1-15(2)23(22,16(3)4)21-12-8-7-11-20(21)19-13-17-9-5-6-10-18(17)14-19/h5-13,15-16,22H,14H2,1-4H3. The van der Waals surface area contributed by atoms with Crippen molar-refractivity contribution < 1.29 is 0 Å². The number of nitrogens with one attached hydrogen (secondary N) is 1. The Hall–Kier alpha value is -1.59. The molecule has 0 atom stereocenters. The highest BCUT2D eigenvalue weighted by molar-refractivity contribution is 7.74. The summed E-state index contributed by atoms with van der Waals surface area (Å²) >= 11 is 0. The third-order valence-electron chi connectivity index (χ3n) is 5.04. The van der Waals surface area contributed by atoms with E-state index in [2.05, 4.69) is 82.3 Å². The van der Waals surface area contributed by atoms with E-state index in [0.29, 0.717) is 11.3 Å². The van der Waals surface area contributed by atoms with Crippen molar-refractivity contribution in [3.05, 3.63) is 65.2 Å². The molecule has 0 amide bonds. The maximum Gasteiger partial charge on any atom is 0.00182 e. The van der Waals surface area contributed by atoms with E-state index in [1.165, 1.54) is 27.6 Å². The number of hydrogen-bond donors (Lipinski definition) is 1. The average Bonchev–Trinajstić information content (AvgIpc) is 2.97. The molecule has 1 nitrogen and oxygen atoms in total. The van der Waals surface area contributed by atoms with Crippen molar-refractivity contribution in [1.29, 1.82) is 5.16 Å². The van der Waals surface area contributed by atoms with Gasteiger partial charge in [0.05, 0.1) is 0 Å². The molecule has 0 unspecified atom stereocenters. The molecule has 0 bridgehead atoms. The van der Waals surface area contributed by atoms with Gasteiger partial charge in [-0.05, 0) is 45.3 Å². The van der Waals surface area contributed by atoms with Crippen molar-refractivity contribution >= 4 is 24.0 Å². The molecule has 0 fully saturated rings. The summed E-state index contributed by atoms with van der Waals surface area (Å²) in [7, 11) is -1.94. The van der Waals surface area contributed by atoms with Crippen LogP contribution in [0.25, 0.3) is 11.6 Å². The van der Waals surface area contributed by atoms with Gasteiger partial charge in [0.2, 0.25) is 0 Å². The topological polar surface area (TPSA) is 23.9 Å². The van der Waals surface area contributed by atoms with Gasteiger partial charge < -0.3 is 5.16 Å². The number of hydrogen-bond acceptors (Lipinski definition) is 1. The second-order valence-corrected chi connectivity index (χ2v) is 11.1. The molecular weight excluding hydrogens is 297 g/mol. The van der Waals surface area contributed by atoms with Crippen LogP contribution in [0, 0.1) is 5.16 Å². The van der Waals surface area contributed by atoms with Crippen molar-refractivity contribution in [2.45, 2.75) is 45.4 Å². The second-order valence-electron chi connectivity index (χ2n) is 7.03. The first kappa shape index (κ1) is 16.3. The molecule has 23 heavy (non-hydrogen) atoms. The van der Waals surface area contributed by atoms with E-state index in [0.717, 1.165) is 6.42 Å². The molecule has 120 valence electrons. The summed E-state index contributed by atoms with van der Waals surface area (Å²) in [5, 5.41) is 10.6. The van der Waals surface area contributed by atoms with Crippen molar-refractivity contribution in [1.82, 2.24) is 0 Å². The minimum Gasteiger partial charge on any atom is -0.313 e. The fourth-order valence-electron chi connectivity index (χ4n) is 3.67. The molecule has 0 saturated heterocycles. The number of allylic oxidation sites excluding steroid dienone is 1. The summed E-state index contributed by atoms with van der Waals surface area (Å²) in [6.07, 6.45) is 3.31. The monoisotopic (exact) mass is 323 g/mol. The largest absolute Gasteiger partial charge is 0.313 e. The van der Waals surface area contributed by atoms with Gasteiger partial charge in [0.25, 0.3) is 0 Å². The summed E-state index contributed by atoms with van der Waals surface area (Å²) < 4.78 is 0. The zero-order chi connectivity index (χ0) is 16.6. The summed E-state index contributed by atoms with van der Waals surface area (Å²) in [5.41, 5.74) is 6.18. The normalized spacial score (nSPS) is 14.3. The zero-order valence-corrected chi connectivity index (χ0v) is 15.4. The summed E-state index contributed by atoms with van der Waals surface area (Å²) in [4.78, 5) is 0. The van der Waals surface area contributed by atoms with E-state index < -0.39 is 7.05 Å². The Bertz CT molecular complexity index is 787. The lowest BCUT2D eigenvalue weighted by Crippen LogP contribution is -2.22. The Morgan fingerprint density at radius 1 is 0.870 bits per heavy atom. The number of rotatable bonds is 4. The maximum absolute atomic E-state index is 9.32. The van der Waals surface area contributed by atoms with E-state index >= 15 is 0 Å². The third kappa shape index (κ3) is 2.72. The molecule has 0 heterocycles. The zero-order valence-electron chi connectivity index (χ0n) is 14.5. The quantitative estimate of drug-likeness (QED) is 0.667. The lowest BCUT2D eigenvalue weighted by atomic mass is 10.0. The summed E-state index contributed by atoms with van der Waals surface area (Å²) in [5.74, 6) is 0. The van der Waals surface area contributed by atoms with Gasteiger partial charge in [0.1, 0.15) is 0 Å². The van der Waals surface area contributed by atoms with E-state index in [-0.39, 0.29) is 0 Å². The second kappa shape index (κ2) is 6.13. The van der Waals surface area contributed by atoms with Crippen LogP contribution in [0.1, 0.15) is 44.4 Å². The molecule has 3 rings (SSSR count). The molecule has 0 aromatic heterocycles. The average molecular weight is 323 g/mol. The number of benzene rings is 2. The predicted molar refractivity (Wildman–Crippen MR) is 104 cm³/mol. The van der Waals surface area contributed by atoms with Gasteiger partial charge in [-0.15, -0.1) is 0 Å². The van der Waals surface area contributed by atoms with Crippen LogP contribution in [0.3, 0.4) is 0 Å². The highest BCUT2D eigenvalue weighted by Crippen LogP contribution is 2.56. The van der Waals surface area contributed by atoms with E-state index in [1.54, 1.807) is 0 Å². The van der Waals surface area contributed by atoms with Crippen LogP contribution in [-0.2, 0) is 6.42 Å². The van der Waals surface area contributed by atoms with Crippen molar-refractivity contribution in [2.24, 2.45) is 0 Å². The Balaban J connectivity index is 2.13. The summed E-state index contributed by atoms with van der Waals surface area (Å²) in [6, 6.07) is 17.3. The summed E-state index contributed by atoms with van der Waals surface area (Å²) in [6.45, 7) is 8.87. The van der Waals surface area contributed by atoms with E-state index in [4.69, 9.17) is 0 Å². The van der Waals surface area contributed by atoms with Crippen molar-refractivity contribution in [3.8, 4) is 0 Å². The van der Waals surface area contributed by atoms with Crippen molar-refractivity contribution in [3.63, 3.8) is 0 Å². The molecule has 0 spiro atoms. The Labute approximate surface area is 140 Å². The van der Waals surface area contributed by atoms with Crippen LogP contribution in [-0.4, -0.2) is 11.3 Å². The van der Waals surface area contributed by atoms with Gasteiger partial charge in [-0.3, -0.25) is 0 Å². The van der Waals surface area contributed by atoms with Crippen LogP contribution < -0.4 is 5.30 Å². The van der Waals surface area contributed by atoms with E-state index in [1.807, 2.05) is 0 Å². The molecule has 0 aliphatic heterocycles. The van der Waals surface area contributed by atoms with Gasteiger partial charge in [0, 0.05) is 7.05 Å². The van der Waals surface area contributed by atoms with E-state index in [9.17, 15) is 5.16 Å². The van der Waals surface area contributed by atoms with Crippen LogP contribution in [0.15, 0.2) is 48.5 Å². The van der Waals surface area contributed by atoms with Crippen molar-refractivity contribution in [2.75, 3.05) is 0 Å². The molecule has 0 saturated carbocycles. The Morgan fingerprint density at radius 2 is 1.48 bits per heavy atom. The smallest absolute Gasteiger partial charge is 0.00182 e. The first-order valence-electron chi connectivity index (χ1n) is 8.46. The maximum atomic E-state index is 9.32. The first-order valence-corrected chi connectivity index (χ1v) is 10.4. The SMILES string of the molecule is CC(C)P(=N)(c1ccccc1C1=Cc2ccccc2C1)C(C)C. The molecule has 2 aromatic rings. The first-order chi connectivity index (χ1) is 10.9. The fourth-order valence-corrected chi connectivity index (χ4v) is 6.93. The third-order valence-corrected chi connectivity index (χ3v) is 9.49.